The lowest BCUT2D eigenvalue weighted by molar-refractivity contribution is 0.183. The molecule has 15 heavy (non-hydrogen) atoms. The lowest BCUT2D eigenvalue weighted by Gasteiger charge is -2.41. The SMILES string of the molecule is Cc1sccc1C1CC(N)CCC1(C)C. The van der Waals surface area contributed by atoms with Crippen molar-refractivity contribution < 1.29 is 0 Å². The highest BCUT2D eigenvalue weighted by Crippen LogP contribution is 2.47. The first-order chi connectivity index (χ1) is 7.00. The van der Waals surface area contributed by atoms with Crippen LogP contribution in [0.15, 0.2) is 11.4 Å². The number of aryl methyl sites for hydroxylation is 1. The van der Waals surface area contributed by atoms with Crippen molar-refractivity contribution in [1.29, 1.82) is 0 Å². The molecule has 0 radical (unpaired) electrons. The van der Waals surface area contributed by atoms with Crippen LogP contribution >= 0.6 is 11.3 Å². The number of hydrogen-bond donors (Lipinski definition) is 1. The van der Waals surface area contributed by atoms with Crippen LogP contribution in [0.5, 0.6) is 0 Å². The van der Waals surface area contributed by atoms with E-state index in [0.717, 1.165) is 6.42 Å². The first-order valence-corrected chi connectivity index (χ1v) is 6.68. The molecule has 2 unspecified atom stereocenters. The maximum Gasteiger partial charge on any atom is 0.00492 e. The van der Waals surface area contributed by atoms with Gasteiger partial charge in [-0.1, -0.05) is 13.8 Å². The average molecular weight is 223 g/mol. The van der Waals surface area contributed by atoms with E-state index in [1.54, 1.807) is 5.56 Å². The molecule has 2 heteroatoms. The van der Waals surface area contributed by atoms with E-state index in [2.05, 4.69) is 32.2 Å². The highest BCUT2D eigenvalue weighted by molar-refractivity contribution is 7.10. The lowest BCUT2D eigenvalue weighted by Crippen LogP contribution is -2.36. The molecule has 1 heterocycles. The van der Waals surface area contributed by atoms with E-state index in [1.807, 2.05) is 11.3 Å². The number of thiophene rings is 1. The third kappa shape index (κ3) is 2.11. The molecule has 0 saturated heterocycles. The van der Waals surface area contributed by atoms with E-state index in [9.17, 15) is 0 Å². The van der Waals surface area contributed by atoms with Gasteiger partial charge in [0.25, 0.3) is 0 Å². The van der Waals surface area contributed by atoms with Crippen LogP contribution in [0.25, 0.3) is 0 Å². The third-order valence-corrected chi connectivity index (χ3v) is 4.78. The number of rotatable bonds is 1. The van der Waals surface area contributed by atoms with Crippen LogP contribution in [0.4, 0.5) is 0 Å². The molecule has 1 aliphatic rings. The van der Waals surface area contributed by atoms with Crippen LogP contribution in [-0.4, -0.2) is 6.04 Å². The van der Waals surface area contributed by atoms with Crippen molar-refractivity contribution in [2.24, 2.45) is 11.1 Å². The second-order valence-electron chi connectivity index (χ2n) is 5.51. The Labute approximate surface area is 96.7 Å². The largest absolute Gasteiger partial charge is 0.328 e. The van der Waals surface area contributed by atoms with Crippen LogP contribution in [-0.2, 0) is 0 Å². The van der Waals surface area contributed by atoms with E-state index in [-0.39, 0.29) is 0 Å². The molecule has 2 atom stereocenters. The van der Waals surface area contributed by atoms with E-state index in [0.29, 0.717) is 17.4 Å². The molecular formula is C13H21NS. The normalized spacial score (nSPS) is 30.4. The average Bonchev–Trinajstić information content (AvgIpc) is 2.56. The minimum Gasteiger partial charge on any atom is -0.328 e. The van der Waals surface area contributed by atoms with E-state index >= 15 is 0 Å². The Hall–Kier alpha value is -0.340. The standard InChI is InChI=1S/C13H21NS/c1-9-11(5-7-15-9)12-8-10(14)4-6-13(12,2)3/h5,7,10,12H,4,6,8,14H2,1-3H3. The van der Waals surface area contributed by atoms with Gasteiger partial charge >= 0.3 is 0 Å². The molecule has 1 fully saturated rings. The van der Waals surface area contributed by atoms with Crippen molar-refractivity contribution >= 4 is 11.3 Å². The molecule has 1 nitrogen and oxygen atoms in total. The summed E-state index contributed by atoms with van der Waals surface area (Å²) in [6.07, 6.45) is 3.60. The predicted molar refractivity (Wildman–Crippen MR) is 67.4 cm³/mol. The van der Waals surface area contributed by atoms with Crippen LogP contribution < -0.4 is 5.73 Å². The molecule has 1 aliphatic carbocycles. The fraction of sp³-hybridized carbons (Fsp3) is 0.692. The summed E-state index contributed by atoms with van der Waals surface area (Å²) in [5.41, 5.74) is 8.07. The molecule has 2 N–H and O–H groups in total. The summed E-state index contributed by atoms with van der Waals surface area (Å²) in [7, 11) is 0. The monoisotopic (exact) mass is 223 g/mol. The summed E-state index contributed by atoms with van der Waals surface area (Å²) in [4.78, 5) is 1.47. The van der Waals surface area contributed by atoms with Crippen molar-refractivity contribution in [3.05, 3.63) is 21.9 Å². The molecule has 2 rings (SSSR count). The minimum absolute atomic E-state index is 0.405. The van der Waals surface area contributed by atoms with Crippen molar-refractivity contribution in [3.8, 4) is 0 Å². The summed E-state index contributed by atoms with van der Waals surface area (Å²) in [6.45, 7) is 7.01. The van der Waals surface area contributed by atoms with Gasteiger partial charge in [0, 0.05) is 10.9 Å². The van der Waals surface area contributed by atoms with E-state index < -0.39 is 0 Å². The van der Waals surface area contributed by atoms with Crippen LogP contribution in [0.2, 0.25) is 0 Å². The van der Waals surface area contributed by atoms with Crippen molar-refractivity contribution in [1.82, 2.24) is 0 Å². The molecule has 1 aromatic rings. The maximum atomic E-state index is 6.11. The van der Waals surface area contributed by atoms with Gasteiger partial charge < -0.3 is 5.73 Å². The van der Waals surface area contributed by atoms with Gasteiger partial charge in [-0.05, 0) is 54.5 Å². The maximum absolute atomic E-state index is 6.11. The van der Waals surface area contributed by atoms with E-state index in [1.165, 1.54) is 17.7 Å². The Kier molecular flexibility index (Phi) is 2.91. The second kappa shape index (κ2) is 3.91. The highest BCUT2D eigenvalue weighted by Gasteiger charge is 2.36. The van der Waals surface area contributed by atoms with Gasteiger partial charge in [0.15, 0.2) is 0 Å². The summed E-state index contributed by atoms with van der Waals surface area (Å²) in [6, 6.07) is 2.70. The Morgan fingerprint density at radius 2 is 2.20 bits per heavy atom. The Bertz CT molecular complexity index is 340. The summed E-state index contributed by atoms with van der Waals surface area (Å²) in [5, 5.41) is 2.21. The van der Waals surface area contributed by atoms with E-state index in [4.69, 9.17) is 5.73 Å². The quantitative estimate of drug-likeness (QED) is 0.772. The van der Waals surface area contributed by atoms with Crippen molar-refractivity contribution in [2.45, 2.75) is 52.0 Å². The molecule has 0 aliphatic heterocycles. The summed E-state index contributed by atoms with van der Waals surface area (Å²) >= 11 is 1.86. The van der Waals surface area contributed by atoms with Crippen LogP contribution in [0, 0.1) is 12.3 Å². The Morgan fingerprint density at radius 1 is 1.47 bits per heavy atom. The van der Waals surface area contributed by atoms with Gasteiger partial charge in [-0.25, -0.2) is 0 Å². The fourth-order valence-electron chi connectivity index (χ4n) is 2.78. The molecule has 0 bridgehead atoms. The zero-order chi connectivity index (χ0) is 11.1. The Morgan fingerprint density at radius 3 is 2.80 bits per heavy atom. The number of hydrogen-bond acceptors (Lipinski definition) is 2. The van der Waals surface area contributed by atoms with Gasteiger partial charge in [-0.3, -0.25) is 0 Å². The zero-order valence-electron chi connectivity index (χ0n) is 9.92. The molecular weight excluding hydrogens is 202 g/mol. The molecule has 1 aromatic heterocycles. The number of nitrogens with two attached hydrogens (primary N) is 1. The predicted octanol–water partition coefficient (Wildman–Crippen LogP) is 3.68. The summed E-state index contributed by atoms with van der Waals surface area (Å²) < 4.78 is 0. The molecule has 84 valence electrons. The van der Waals surface area contributed by atoms with Crippen molar-refractivity contribution in [3.63, 3.8) is 0 Å². The van der Waals surface area contributed by atoms with Gasteiger partial charge in [0.05, 0.1) is 0 Å². The van der Waals surface area contributed by atoms with Gasteiger partial charge in [-0.15, -0.1) is 11.3 Å². The smallest absolute Gasteiger partial charge is 0.00492 e. The molecule has 0 spiro atoms. The van der Waals surface area contributed by atoms with Crippen LogP contribution in [0.1, 0.15) is 49.5 Å². The lowest BCUT2D eigenvalue weighted by atomic mass is 9.65. The molecule has 0 aromatic carbocycles. The van der Waals surface area contributed by atoms with Crippen molar-refractivity contribution in [2.75, 3.05) is 0 Å². The first kappa shape index (κ1) is 11.2. The topological polar surface area (TPSA) is 26.0 Å². The molecule has 1 saturated carbocycles. The fourth-order valence-corrected chi connectivity index (χ4v) is 3.54. The first-order valence-electron chi connectivity index (χ1n) is 5.80. The second-order valence-corrected chi connectivity index (χ2v) is 6.63. The van der Waals surface area contributed by atoms with Gasteiger partial charge in [0.2, 0.25) is 0 Å². The highest BCUT2D eigenvalue weighted by atomic mass is 32.1. The van der Waals surface area contributed by atoms with Crippen LogP contribution in [0.3, 0.4) is 0 Å². The van der Waals surface area contributed by atoms with Gasteiger partial charge in [-0.2, -0.15) is 0 Å². The molecule has 0 amide bonds. The summed E-state index contributed by atoms with van der Waals surface area (Å²) in [5.74, 6) is 0.660. The zero-order valence-corrected chi connectivity index (χ0v) is 10.7. The minimum atomic E-state index is 0.405. The third-order valence-electron chi connectivity index (χ3n) is 3.92. The van der Waals surface area contributed by atoms with Gasteiger partial charge in [0.1, 0.15) is 0 Å². The Balaban J connectivity index is 2.29.